The average Bonchev–Trinajstić information content (AvgIpc) is 3.08. The lowest BCUT2D eigenvalue weighted by atomic mass is 10.1. The monoisotopic (exact) mass is 346 g/mol. The third kappa shape index (κ3) is 2.61. The lowest BCUT2D eigenvalue weighted by molar-refractivity contribution is 0.0699. The molecule has 6 nitrogen and oxygen atoms in total. The van der Waals surface area contributed by atoms with E-state index in [1.54, 1.807) is 0 Å². The van der Waals surface area contributed by atoms with E-state index in [2.05, 4.69) is 10.3 Å². The number of hydrogen-bond donors (Lipinski definition) is 3. The maximum absolute atomic E-state index is 11.6. The summed E-state index contributed by atoms with van der Waals surface area (Å²) >= 11 is 0. The van der Waals surface area contributed by atoms with Crippen molar-refractivity contribution in [1.29, 1.82) is 0 Å². The van der Waals surface area contributed by atoms with Gasteiger partial charge in [0.05, 0.1) is 16.6 Å². The standard InChI is InChI=1S/C20H18N4O2/c1-24(2)13-7-5-6-12(10-13)22-19-18-17(15(11-21-18)20(25)26)14-8-3-4-9-16(14)23-19/h3-11,21H,1-2H3,(H,22,23)(H,25,26). The zero-order valence-corrected chi connectivity index (χ0v) is 14.4. The van der Waals surface area contributed by atoms with Crippen LogP contribution >= 0.6 is 0 Å². The number of aromatic carboxylic acids is 1. The van der Waals surface area contributed by atoms with Crippen molar-refractivity contribution in [2.45, 2.75) is 0 Å². The smallest absolute Gasteiger partial charge is 0.337 e. The zero-order chi connectivity index (χ0) is 18.3. The van der Waals surface area contributed by atoms with Gasteiger partial charge in [0, 0.05) is 42.4 Å². The van der Waals surface area contributed by atoms with E-state index in [-0.39, 0.29) is 5.56 Å². The minimum absolute atomic E-state index is 0.240. The molecule has 2 heterocycles. The van der Waals surface area contributed by atoms with Crippen molar-refractivity contribution >= 4 is 45.0 Å². The highest BCUT2D eigenvalue weighted by atomic mass is 16.4. The van der Waals surface area contributed by atoms with Crippen LogP contribution in [0.1, 0.15) is 10.4 Å². The normalized spacial score (nSPS) is 11.0. The van der Waals surface area contributed by atoms with Crippen LogP contribution in [0.2, 0.25) is 0 Å². The second-order valence-corrected chi connectivity index (χ2v) is 6.30. The first-order valence-corrected chi connectivity index (χ1v) is 8.22. The molecule has 130 valence electrons. The summed E-state index contributed by atoms with van der Waals surface area (Å²) in [5, 5.41) is 14.3. The Bertz CT molecular complexity index is 1130. The van der Waals surface area contributed by atoms with Gasteiger partial charge in [0.25, 0.3) is 0 Å². The molecule has 0 amide bonds. The summed E-state index contributed by atoms with van der Waals surface area (Å²) in [7, 11) is 3.96. The predicted molar refractivity (Wildman–Crippen MR) is 105 cm³/mol. The van der Waals surface area contributed by atoms with Gasteiger partial charge < -0.3 is 20.3 Å². The Morgan fingerprint density at radius 2 is 1.96 bits per heavy atom. The molecule has 3 N–H and O–H groups in total. The first-order chi connectivity index (χ1) is 12.5. The molecule has 0 saturated heterocycles. The molecule has 0 aliphatic rings. The van der Waals surface area contributed by atoms with E-state index in [1.807, 2.05) is 67.5 Å². The third-order valence-corrected chi connectivity index (χ3v) is 4.38. The highest BCUT2D eigenvalue weighted by Gasteiger charge is 2.17. The molecule has 0 atom stereocenters. The highest BCUT2D eigenvalue weighted by molar-refractivity contribution is 6.17. The highest BCUT2D eigenvalue weighted by Crippen LogP contribution is 2.33. The number of hydrogen-bond acceptors (Lipinski definition) is 4. The first-order valence-electron chi connectivity index (χ1n) is 8.22. The SMILES string of the molecule is CN(C)c1cccc(Nc2nc3ccccc3c3c(C(=O)O)c[nH]c23)c1. The maximum atomic E-state index is 11.6. The fraction of sp³-hybridized carbons (Fsp3) is 0.100. The summed E-state index contributed by atoms with van der Waals surface area (Å²) in [5.74, 6) is -0.365. The molecule has 2 aromatic carbocycles. The van der Waals surface area contributed by atoms with Crippen LogP contribution in [0, 0.1) is 0 Å². The molecule has 0 radical (unpaired) electrons. The van der Waals surface area contributed by atoms with Crippen LogP contribution in [0.15, 0.2) is 54.7 Å². The van der Waals surface area contributed by atoms with Gasteiger partial charge in [0.2, 0.25) is 0 Å². The molecular formula is C20H18N4O2. The molecule has 0 aliphatic carbocycles. The largest absolute Gasteiger partial charge is 0.478 e. The van der Waals surface area contributed by atoms with Crippen LogP contribution < -0.4 is 10.2 Å². The number of carboxylic acid groups (broad SMARTS) is 1. The third-order valence-electron chi connectivity index (χ3n) is 4.38. The summed E-state index contributed by atoms with van der Waals surface area (Å²) in [6.45, 7) is 0. The zero-order valence-electron chi connectivity index (χ0n) is 14.4. The van der Waals surface area contributed by atoms with Gasteiger partial charge in [-0.1, -0.05) is 24.3 Å². The summed E-state index contributed by atoms with van der Waals surface area (Å²) in [4.78, 5) is 21.4. The Morgan fingerprint density at radius 1 is 1.15 bits per heavy atom. The Hall–Kier alpha value is -3.54. The van der Waals surface area contributed by atoms with Crippen LogP contribution in [0.4, 0.5) is 17.2 Å². The number of para-hydroxylation sites is 1. The Kier molecular flexibility index (Phi) is 3.73. The van der Waals surface area contributed by atoms with E-state index in [0.717, 1.165) is 22.3 Å². The average molecular weight is 346 g/mol. The van der Waals surface area contributed by atoms with E-state index in [0.29, 0.717) is 16.7 Å². The topological polar surface area (TPSA) is 81.2 Å². The summed E-state index contributed by atoms with van der Waals surface area (Å²) < 4.78 is 0. The van der Waals surface area contributed by atoms with Crippen molar-refractivity contribution in [3.63, 3.8) is 0 Å². The van der Waals surface area contributed by atoms with E-state index in [9.17, 15) is 9.90 Å². The number of nitrogens with one attached hydrogen (secondary N) is 2. The van der Waals surface area contributed by atoms with Crippen molar-refractivity contribution in [1.82, 2.24) is 9.97 Å². The van der Waals surface area contributed by atoms with Crippen LogP contribution in [-0.4, -0.2) is 35.1 Å². The number of carbonyl (C=O) groups is 1. The van der Waals surface area contributed by atoms with Crippen molar-refractivity contribution in [3.05, 3.63) is 60.3 Å². The number of benzene rings is 2. The number of rotatable bonds is 4. The number of nitrogens with zero attached hydrogens (tertiary/aromatic N) is 2. The number of carboxylic acids is 1. The van der Waals surface area contributed by atoms with E-state index in [1.165, 1.54) is 6.20 Å². The number of fused-ring (bicyclic) bond motifs is 3. The van der Waals surface area contributed by atoms with Crippen molar-refractivity contribution < 1.29 is 9.90 Å². The molecule has 0 aliphatic heterocycles. The quantitative estimate of drug-likeness (QED) is 0.515. The molecule has 0 unspecified atom stereocenters. The van der Waals surface area contributed by atoms with Gasteiger partial charge in [-0.25, -0.2) is 9.78 Å². The van der Waals surface area contributed by atoms with Crippen LogP contribution in [0.5, 0.6) is 0 Å². The Labute approximate surface area is 150 Å². The molecule has 4 rings (SSSR count). The summed E-state index contributed by atoms with van der Waals surface area (Å²) in [6.07, 6.45) is 1.52. The molecule has 0 bridgehead atoms. The Balaban J connectivity index is 1.92. The van der Waals surface area contributed by atoms with Crippen molar-refractivity contribution in [3.8, 4) is 0 Å². The molecule has 0 fully saturated rings. The van der Waals surface area contributed by atoms with Gasteiger partial charge in [-0.3, -0.25) is 0 Å². The number of H-pyrrole nitrogens is 1. The molecule has 26 heavy (non-hydrogen) atoms. The van der Waals surface area contributed by atoms with Gasteiger partial charge in [-0.05, 0) is 24.3 Å². The fourth-order valence-electron chi connectivity index (χ4n) is 3.11. The van der Waals surface area contributed by atoms with Crippen LogP contribution in [0.25, 0.3) is 21.8 Å². The first kappa shape index (κ1) is 16.0. The van der Waals surface area contributed by atoms with E-state index >= 15 is 0 Å². The van der Waals surface area contributed by atoms with Gasteiger partial charge in [-0.2, -0.15) is 0 Å². The second kappa shape index (κ2) is 6.07. The Morgan fingerprint density at radius 3 is 2.73 bits per heavy atom. The van der Waals surface area contributed by atoms with Crippen LogP contribution in [0.3, 0.4) is 0 Å². The number of pyridine rings is 1. The molecular weight excluding hydrogens is 328 g/mol. The number of aromatic amines is 1. The van der Waals surface area contributed by atoms with Gasteiger partial charge in [0.1, 0.15) is 0 Å². The van der Waals surface area contributed by atoms with E-state index in [4.69, 9.17) is 4.98 Å². The minimum atomic E-state index is -0.965. The molecule has 4 aromatic rings. The molecule has 0 saturated carbocycles. The lowest BCUT2D eigenvalue weighted by Gasteiger charge is -2.15. The van der Waals surface area contributed by atoms with Crippen LogP contribution in [-0.2, 0) is 0 Å². The lowest BCUT2D eigenvalue weighted by Crippen LogP contribution is -2.08. The van der Waals surface area contributed by atoms with E-state index < -0.39 is 5.97 Å². The predicted octanol–water partition coefficient (Wildman–Crippen LogP) is 4.22. The fourth-order valence-corrected chi connectivity index (χ4v) is 3.11. The van der Waals surface area contributed by atoms with Crippen molar-refractivity contribution in [2.75, 3.05) is 24.3 Å². The number of aromatic nitrogens is 2. The molecule has 6 heteroatoms. The summed E-state index contributed by atoms with van der Waals surface area (Å²) in [6, 6.07) is 15.5. The second-order valence-electron chi connectivity index (χ2n) is 6.30. The van der Waals surface area contributed by atoms with Gasteiger partial charge in [0.15, 0.2) is 5.82 Å². The molecule has 2 aromatic heterocycles. The van der Waals surface area contributed by atoms with Gasteiger partial charge in [-0.15, -0.1) is 0 Å². The number of anilines is 3. The van der Waals surface area contributed by atoms with Crippen molar-refractivity contribution in [2.24, 2.45) is 0 Å². The van der Waals surface area contributed by atoms with Gasteiger partial charge >= 0.3 is 5.97 Å². The summed E-state index contributed by atoms with van der Waals surface area (Å²) in [5.41, 5.74) is 3.60. The maximum Gasteiger partial charge on any atom is 0.337 e. The minimum Gasteiger partial charge on any atom is -0.478 e. The molecule has 0 spiro atoms.